The zero-order valence-corrected chi connectivity index (χ0v) is 12.9. The number of hydrogen-bond donors (Lipinski definition) is 1. The van der Waals surface area contributed by atoms with E-state index >= 15 is 0 Å². The predicted octanol–water partition coefficient (Wildman–Crippen LogP) is 4.45. The van der Waals surface area contributed by atoms with Crippen molar-refractivity contribution < 1.29 is 0 Å². The summed E-state index contributed by atoms with van der Waals surface area (Å²) in [6, 6.07) is 16.8. The molecule has 0 aromatic heterocycles. The lowest BCUT2D eigenvalue weighted by molar-refractivity contribution is 0.683. The second-order valence-corrected chi connectivity index (χ2v) is 5.83. The van der Waals surface area contributed by atoms with Crippen LogP contribution in [0.4, 0.5) is 11.4 Å². The molecule has 100 valence electrons. The molecule has 0 aliphatic rings. The molecule has 0 aliphatic carbocycles. The smallest absolute Gasteiger partial charge is 0.0616 e. The molecule has 0 unspecified atom stereocenters. The van der Waals surface area contributed by atoms with Crippen molar-refractivity contribution in [2.24, 2.45) is 0 Å². The molecule has 0 aliphatic heterocycles. The zero-order chi connectivity index (χ0) is 13.8. The van der Waals surface area contributed by atoms with E-state index in [0.29, 0.717) is 6.04 Å². The SMILES string of the molecule is CC(C)N(Cc1ccccc1)c1cc(Br)ccc1N. The van der Waals surface area contributed by atoms with Gasteiger partial charge >= 0.3 is 0 Å². The number of nitrogens with two attached hydrogens (primary N) is 1. The highest BCUT2D eigenvalue weighted by Crippen LogP contribution is 2.29. The molecule has 0 radical (unpaired) electrons. The molecule has 2 rings (SSSR count). The predicted molar refractivity (Wildman–Crippen MR) is 86.3 cm³/mol. The molecule has 19 heavy (non-hydrogen) atoms. The van der Waals surface area contributed by atoms with Gasteiger partial charge in [-0.3, -0.25) is 0 Å². The molecule has 0 saturated carbocycles. The average Bonchev–Trinajstić information content (AvgIpc) is 2.40. The summed E-state index contributed by atoms with van der Waals surface area (Å²) in [6.07, 6.45) is 0. The van der Waals surface area contributed by atoms with Crippen molar-refractivity contribution in [3.8, 4) is 0 Å². The van der Waals surface area contributed by atoms with Crippen LogP contribution in [0.5, 0.6) is 0 Å². The second kappa shape index (κ2) is 6.11. The minimum Gasteiger partial charge on any atom is -0.397 e. The van der Waals surface area contributed by atoms with Gasteiger partial charge in [0.2, 0.25) is 0 Å². The highest BCUT2D eigenvalue weighted by atomic mass is 79.9. The minimum atomic E-state index is 0.386. The van der Waals surface area contributed by atoms with Crippen LogP contribution < -0.4 is 10.6 Å². The lowest BCUT2D eigenvalue weighted by Gasteiger charge is -2.30. The second-order valence-electron chi connectivity index (χ2n) is 4.91. The van der Waals surface area contributed by atoms with Gasteiger partial charge in [-0.1, -0.05) is 46.3 Å². The topological polar surface area (TPSA) is 29.3 Å². The van der Waals surface area contributed by atoms with E-state index in [-0.39, 0.29) is 0 Å². The van der Waals surface area contributed by atoms with E-state index in [1.54, 1.807) is 0 Å². The normalized spacial score (nSPS) is 10.7. The Bertz CT molecular complexity index is 538. The van der Waals surface area contributed by atoms with E-state index in [2.05, 4.69) is 65.0 Å². The molecule has 2 nitrogen and oxygen atoms in total. The number of hydrogen-bond acceptors (Lipinski definition) is 2. The first-order valence-electron chi connectivity index (χ1n) is 6.43. The molecule has 0 fully saturated rings. The van der Waals surface area contributed by atoms with Crippen LogP contribution in [0.25, 0.3) is 0 Å². The molecule has 0 atom stereocenters. The van der Waals surface area contributed by atoms with Gasteiger partial charge in [-0.05, 0) is 37.6 Å². The molecule has 2 N–H and O–H groups in total. The number of nitrogens with zero attached hydrogens (tertiary/aromatic N) is 1. The van der Waals surface area contributed by atoms with Gasteiger partial charge < -0.3 is 10.6 Å². The number of anilines is 2. The molecule has 0 spiro atoms. The first-order valence-corrected chi connectivity index (χ1v) is 7.23. The summed E-state index contributed by atoms with van der Waals surface area (Å²) in [6.45, 7) is 5.23. The van der Waals surface area contributed by atoms with Crippen LogP contribution in [0.2, 0.25) is 0 Å². The average molecular weight is 319 g/mol. The Kier molecular flexibility index (Phi) is 4.48. The van der Waals surface area contributed by atoms with Crippen LogP contribution in [-0.2, 0) is 6.54 Å². The first kappa shape index (κ1) is 13.9. The van der Waals surface area contributed by atoms with Gasteiger partial charge in [-0.2, -0.15) is 0 Å². The van der Waals surface area contributed by atoms with E-state index in [0.717, 1.165) is 22.4 Å². The Labute approximate surface area is 123 Å². The molecule has 0 amide bonds. The van der Waals surface area contributed by atoms with E-state index in [1.807, 2.05) is 18.2 Å². The molecule has 0 heterocycles. The van der Waals surface area contributed by atoms with Crippen molar-refractivity contribution in [1.82, 2.24) is 0 Å². The van der Waals surface area contributed by atoms with Crippen LogP contribution in [0.1, 0.15) is 19.4 Å². The Morgan fingerprint density at radius 3 is 2.42 bits per heavy atom. The van der Waals surface area contributed by atoms with Gasteiger partial charge in [-0.25, -0.2) is 0 Å². The first-order chi connectivity index (χ1) is 9.08. The molecule has 2 aromatic rings. The van der Waals surface area contributed by atoms with Crippen LogP contribution in [0.3, 0.4) is 0 Å². The highest BCUT2D eigenvalue weighted by Gasteiger charge is 2.14. The van der Waals surface area contributed by atoms with E-state index in [1.165, 1.54) is 5.56 Å². The third kappa shape index (κ3) is 3.51. The Hall–Kier alpha value is -1.48. The van der Waals surface area contributed by atoms with Crippen molar-refractivity contribution in [3.05, 3.63) is 58.6 Å². The quantitative estimate of drug-likeness (QED) is 0.844. The largest absolute Gasteiger partial charge is 0.397 e. The number of halogens is 1. The van der Waals surface area contributed by atoms with Crippen LogP contribution in [0.15, 0.2) is 53.0 Å². The number of rotatable bonds is 4. The summed E-state index contributed by atoms with van der Waals surface area (Å²) >= 11 is 3.52. The van der Waals surface area contributed by atoms with Crippen molar-refractivity contribution in [2.45, 2.75) is 26.4 Å². The molecule has 0 saturated heterocycles. The fraction of sp³-hybridized carbons (Fsp3) is 0.250. The van der Waals surface area contributed by atoms with E-state index < -0.39 is 0 Å². The Balaban J connectivity index is 2.32. The Morgan fingerprint density at radius 2 is 1.79 bits per heavy atom. The minimum absolute atomic E-state index is 0.386. The van der Waals surface area contributed by atoms with Crippen molar-refractivity contribution in [1.29, 1.82) is 0 Å². The highest BCUT2D eigenvalue weighted by molar-refractivity contribution is 9.10. The third-order valence-electron chi connectivity index (χ3n) is 3.12. The van der Waals surface area contributed by atoms with E-state index in [9.17, 15) is 0 Å². The van der Waals surface area contributed by atoms with E-state index in [4.69, 9.17) is 5.73 Å². The summed E-state index contributed by atoms with van der Waals surface area (Å²) in [4.78, 5) is 2.31. The number of benzene rings is 2. The van der Waals surface area contributed by atoms with Gasteiger partial charge in [0.1, 0.15) is 0 Å². The van der Waals surface area contributed by atoms with Crippen molar-refractivity contribution in [3.63, 3.8) is 0 Å². The lowest BCUT2D eigenvalue weighted by Crippen LogP contribution is -2.30. The van der Waals surface area contributed by atoms with Gasteiger partial charge in [0.15, 0.2) is 0 Å². The summed E-state index contributed by atoms with van der Waals surface area (Å²) < 4.78 is 1.05. The summed E-state index contributed by atoms with van der Waals surface area (Å²) in [5.41, 5.74) is 9.30. The molecule has 0 bridgehead atoms. The van der Waals surface area contributed by atoms with Gasteiger partial charge in [0.05, 0.1) is 11.4 Å². The molecular formula is C16H19BrN2. The number of nitrogen functional groups attached to an aromatic ring is 1. The molecular weight excluding hydrogens is 300 g/mol. The van der Waals surface area contributed by atoms with Crippen molar-refractivity contribution >= 4 is 27.3 Å². The Morgan fingerprint density at radius 1 is 1.11 bits per heavy atom. The van der Waals surface area contributed by atoms with Crippen LogP contribution in [0, 0.1) is 0 Å². The van der Waals surface area contributed by atoms with Crippen LogP contribution in [-0.4, -0.2) is 6.04 Å². The third-order valence-corrected chi connectivity index (χ3v) is 3.61. The maximum absolute atomic E-state index is 6.12. The monoisotopic (exact) mass is 318 g/mol. The molecule has 2 aromatic carbocycles. The lowest BCUT2D eigenvalue weighted by atomic mass is 10.1. The fourth-order valence-corrected chi connectivity index (χ4v) is 2.44. The standard InChI is InChI=1S/C16H19BrN2/c1-12(2)19(11-13-6-4-3-5-7-13)16-10-14(17)8-9-15(16)18/h3-10,12H,11,18H2,1-2H3. The van der Waals surface area contributed by atoms with Gasteiger partial charge in [0, 0.05) is 17.1 Å². The van der Waals surface area contributed by atoms with Crippen molar-refractivity contribution in [2.75, 3.05) is 10.6 Å². The van der Waals surface area contributed by atoms with Gasteiger partial charge in [0.25, 0.3) is 0 Å². The maximum atomic E-state index is 6.12. The maximum Gasteiger partial charge on any atom is 0.0616 e. The summed E-state index contributed by atoms with van der Waals surface area (Å²) in [5.74, 6) is 0. The molecule has 3 heteroatoms. The fourth-order valence-electron chi connectivity index (χ4n) is 2.09. The van der Waals surface area contributed by atoms with Crippen LogP contribution >= 0.6 is 15.9 Å². The van der Waals surface area contributed by atoms with Gasteiger partial charge in [-0.15, -0.1) is 0 Å². The summed E-state index contributed by atoms with van der Waals surface area (Å²) in [7, 11) is 0. The summed E-state index contributed by atoms with van der Waals surface area (Å²) in [5, 5.41) is 0. The zero-order valence-electron chi connectivity index (χ0n) is 11.3.